The van der Waals surface area contributed by atoms with E-state index in [4.69, 9.17) is 0 Å². The maximum atomic E-state index is 2.49. The molecule has 0 bridgehead atoms. The van der Waals surface area contributed by atoms with Crippen LogP contribution in [0.25, 0.3) is 0 Å². The van der Waals surface area contributed by atoms with Crippen LogP contribution in [0.5, 0.6) is 0 Å². The summed E-state index contributed by atoms with van der Waals surface area (Å²) in [6.07, 6.45) is 10.4. The van der Waals surface area contributed by atoms with Gasteiger partial charge in [-0.05, 0) is 74.0 Å². The summed E-state index contributed by atoms with van der Waals surface area (Å²) in [5.41, 5.74) is 4.56. The lowest BCUT2D eigenvalue weighted by Gasteiger charge is -2.05. The van der Waals surface area contributed by atoms with Crippen molar-refractivity contribution in [1.29, 1.82) is 0 Å². The molecule has 4 atom stereocenters. The van der Waals surface area contributed by atoms with Crippen molar-refractivity contribution in [3.63, 3.8) is 0 Å². The largest absolute Gasteiger partial charge is 0.0853 e. The normalized spacial score (nSPS) is 42.1. The Labute approximate surface area is 125 Å². The van der Waals surface area contributed by atoms with E-state index >= 15 is 0 Å². The molecule has 4 aliphatic carbocycles. The highest BCUT2D eigenvalue weighted by Gasteiger charge is 2.57. The lowest BCUT2D eigenvalue weighted by atomic mass is 10.0. The molecule has 0 heterocycles. The van der Waals surface area contributed by atoms with Crippen molar-refractivity contribution in [3.05, 3.63) is 23.3 Å². The van der Waals surface area contributed by atoms with Gasteiger partial charge in [0, 0.05) is 0 Å². The molecule has 0 spiro atoms. The molecule has 0 amide bonds. The van der Waals surface area contributed by atoms with Crippen molar-refractivity contribution in [2.24, 2.45) is 34.5 Å². The van der Waals surface area contributed by atoms with E-state index in [1.54, 1.807) is 11.1 Å². The molecule has 0 aromatic rings. The Morgan fingerprint density at radius 3 is 2.10 bits per heavy atom. The van der Waals surface area contributed by atoms with Gasteiger partial charge in [-0.25, -0.2) is 0 Å². The second kappa shape index (κ2) is 4.49. The van der Waals surface area contributed by atoms with E-state index < -0.39 is 0 Å². The minimum absolute atomic E-state index is 0.651. The van der Waals surface area contributed by atoms with E-state index in [9.17, 15) is 0 Å². The van der Waals surface area contributed by atoms with Crippen LogP contribution in [0.4, 0.5) is 0 Å². The van der Waals surface area contributed by atoms with Crippen LogP contribution < -0.4 is 0 Å². The summed E-state index contributed by atoms with van der Waals surface area (Å²) in [6.45, 7) is 14.2. The fraction of sp³-hybridized carbons (Fsp3) is 0.800. The average molecular weight is 272 g/mol. The third-order valence-corrected chi connectivity index (χ3v) is 7.00. The first-order valence-corrected chi connectivity index (χ1v) is 8.57. The molecule has 0 radical (unpaired) electrons. The van der Waals surface area contributed by atoms with Gasteiger partial charge < -0.3 is 0 Å². The first kappa shape index (κ1) is 14.4. The highest BCUT2D eigenvalue weighted by atomic mass is 14.6. The molecular formula is C20H32. The third kappa shape index (κ3) is 2.30. The lowest BCUT2D eigenvalue weighted by Crippen LogP contribution is -1.90. The molecular weight excluding hydrogens is 240 g/mol. The Hall–Kier alpha value is -0.520. The van der Waals surface area contributed by atoms with Crippen molar-refractivity contribution in [1.82, 2.24) is 0 Å². The van der Waals surface area contributed by atoms with Gasteiger partial charge in [0.15, 0.2) is 0 Å². The quantitative estimate of drug-likeness (QED) is 0.475. The Bertz CT molecular complexity index is 460. The van der Waals surface area contributed by atoms with Crippen LogP contribution in [0.2, 0.25) is 0 Å². The zero-order valence-corrected chi connectivity index (χ0v) is 14.3. The summed E-state index contributed by atoms with van der Waals surface area (Å²) in [4.78, 5) is 0. The van der Waals surface area contributed by atoms with Crippen molar-refractivity contribution in [2.45, 2.75) is 67.2 Å². The second-order valence-corrected chi connectivity index (χ2v) is 9.03. The number of fused-ring (bicyclic) bond motifs is 2. The van der Waals surface area contributed by atoms with Crippen molar-refractivity contribution in [2.75, 3.05) is 0 Å². The zero-order valence-electron chi connectivity index (χ0n) is 14.3. The van der Waals surface area contributed by atoms with Gasteiger partial charge >= 0.3 is 0 Å². The Kier molecular flexibility index (Phi) is 3.23. The minimum atomic E-state index is 0.651. The van der Waals surface area contributed by atoms with Gasteiger partial charge in [0.1, 0.15) is 0 Å². The first-order valence-electron chi connectivity index (χ1n) is 8.57. The van der Waals surface area contributed by atoms with Gasteiger partial charge in [0.25, 0.3) is 0 Å². The molecule has 0 nitrogen and oxygen atoms in total. The second-order valence-electron chi connectivity index (χ2n) is 9.03. The summed E-state index contributed by atoms with van der Waals surface area (Å²) in [5, 5.41) is 0. The maximum absolute atomic E-state index is 2.49. The van der Waals surface area contributed by atoms with Crippen LogP contribution in [-0.4, -0.2) is 0 Å². The van der Waals surface area contributed by atoms with Crippen LogP contribution in [0.15, 0.2) is 23.3 Å². The SMILES string of the molecule is CC1=CC[C@@H]2[C@H](C1)C2(C)C.CC1=C[C@H]2[C@@H](CC1)C2(C)C. The van der Waals surface area contributed by atoms with E-state index in [0.29, 0.717) is 10.8 Å². The Balaban J connectivity index is 0.000000121. The van der Waals surface area contributed by atoms with E-state index in [2.05, 4.69) is 53.7 Å². The number of hydrogen-bond acceptors (Lipinski definition) is 0. The van der Waals surface area contributed by atoms with Crippen molar-refractivity contribution < 1.29 is 0 Å². The number of rotatable bonds is 0. The van der Waals surface area contributed by atoms with Crippen LogP contribution in [0.1, 0.15) is 67.2 Å². The van der Waals surface area contributed by atoms with E-state index in [1.165, 1.54) is 25.7 Å². The zero-order chi connectivity index (χ0) is 14.7. The van der Waals surface area contributed by atoms with Crippen molar-refractivity contribution in [3.8, 4) is 0 Å². The predicted molar refractivity (Wildman–Crippen MR) is 87.5 cm³/mol. The molecule has 0 aromatic carbocycles. The molecule has 0 unspecified atom stereocenters. The van der Waals surface area contributed by atoms with Gasteiger partial charge in [-0.3, -0.25) is 0 Å². The number of allylic oxidation sites excluding steroid dienone is 4. The summed E-state index contributed by atoms with van der Waals surface area (Å²) >= 11 is 0. The van der Waals surface area contributed by atoms with Gasteiger partial charge in [0.05, 0.1) is 0 Å². The third-order valence-electron chi connectivity index (χ3n) is 7.00. The van der Waals surface area contributed by atoms with Crippen LogP contribution in [-0.2, 0) is 0 Å². The minimum Gasteiger partial charge on any atom is -0.0853 e. The highest BCUT2D eigenvalue weighted by Crippen LogP contribution is 2.64. The van der Waals surface area contributed by atoms with Gasteiger partial charge in [-0.15, -0.1) is 0 Å². The molecule has 4 aliphatic rings. The highest BCUT2D eigenvalue weighted by molar-refractivity contribution is 5.22. The summed E-state index contributed by atoms with van der Waals surface area (Å²) in [5.74, 6) is 4.01. The van der Waals surface area contributed by atoms with Crippen LogP contribution in [0, 0.1) is 34.5 Å². The Morgan fingerprint density at radius 1 is 0.900 bits per heavy atom. The first-order chi connectivity index (χ1) is 9.24. The Morgan fingerprint density at radius 2 is 1.60 bits per heavy atom. The summed E-state index contributed by atoms with van der Waals surface area (Å²) < 4.78 is 0. The van der Waals surface area contributed by atoms with E-state index in [-0.39, 0.29) is 0 Å². The topological polar surface area (TPSA) is 0 Å². The molecule has 112 valence electrons. The van der Waals surface area contributed by atoms with Gasteiger partial charge in [-0.1, -0.05) is 51.0 Å². The summed E-state index contributed by atoms with van der Waals surface area (Å²) in [6, 6.07) is 0. The monoisotopic (exact) mass is 272 g/mol. The molecule has 0 aromatic heterocycles. The number of hydrogen-bond donors (Lipinski definition) is 0. The van der Waals surface area contributed by atoms with Gasteiger partial charge in [0.2, 0.25) is 0 Å². The van der Waals surface area contributed by atoms with Gasteiger partial charge in [-0.2, -0.15) is 0 Å². The molecule has 4 rings (SSSR count). The standard InChI is InChI=1S/2C10H16/c2*1-7-4-5-8-9(6-7)10(8,2)3/h6,8-9H,4-5H2,1-3H3;4,8-9H,5-6H2,1-3H3/t2*8-,9+/m11/s1. The maximum Gasteiger partial charge on any atom is -0.0143 e. The molecule has 0 saturated heterocycles. The lowest BCUT2D eigenvalue weighted by molar-refractivity contribution is 0.533. The molecule has 0 aliphatic heterocycles. The molecule has 20 heavy (non-hydrogen) atoms. The summed E-state index contributed by atoms with van der Waals surface area (Å²) in [7, 11) is 0. The molecule has 0 N–H and O–H groups in total. The van der Waals surface area contributed by atoms with E-state index in [0.717, 1.165) is 23.7 Å². The fourth-order valence-corrected chi connectivity index (χ4v) is 4.93. The predicted octanol–water partition coefficient (Wildman–Crippen LogP) is 6.00. The fourth-order valence-electron chi connectivity index (χ4n) is 4.93. The smallest absolute Gasteiger partial charge is 0.0143 e. The average Bonchev–Trinajstić information content (AvgIpc) is 3.12. The van der Waals surface area contributed by atoms with E-state index in [1.807, 2.05) is 0 Å². The van der Waals surface area contributed by atoms with Crippen molar-refractivity contribution >= 4 is 0 Å². The molecule has 2 saturated carbocycles. The van der Waals surface area contributed by atoms with Crippen LogP contribution in [0.3, 0.4) is 0 Å². The molecule has 0 heteroatoms. The molecule has 2 fully saturated rings. The van der Waals surface area contributed by atoms with Crippen LogP contribution >= 0.6 is 0 Å².